The van der Waals surface area contributed by atoms with Gasteiger partial charge in [0.15, 0.2) is 0 Å². The van der Waals surface area contributed by atoms with E-state index in [1.54, 1.807) is 15.3 Å². The van der Waals surface area contributed by atoms with Crippen molar-refractivity contribution in [2.24, 2.45) is 0 Å². The summed E-state index contributed by atoms with van der Waals surface area (Å²) in [5, 5.41) is 3.63. The van der Waals surface area contributed by atoms with Crippen molar-refractivity contribution in [2.75, 3.05) is 26.2 Å². The van der Waals surface area contributed by atoms with Gasteiger partial charge in [-0.25, -0.2) is 0 Å². The van der Waals surface area contributed by atoms with Gasteiger partial charge in [-0.15, -0.1) is 11.3 Å². The van der Waals surface area contributed by atoms with Crippen LogP contribution in [0.25, 0.3) is 0 Å². The molecular formula is C16H26N2S. The van der Waals surface area contributed by atoms with Crippen LogP contribution in [0, 0.1) is 0 Å². The largest absolute Gasteiger partial charge is 0.311 e. The number of fused-ring (bicyclic) bond motifs is 1. The average molecular weight is 278 g/mol. The molecule has 19 heavy (non-hydrogen) atoms. The molecule has 0 radical (unpaired) electrons. The fourth-order valence-corrected chi connectivity index (χ4v) is 4.50. The lowest BCUT2D eigenvalue weighted by Gasteiger charge is -2.26. The van der Waals surface area contributed by atoms with E-state index in [-0.39, 0.29) is 0 Å². The van der Waals surface area contributed by atoms with Crippen LogP contribution in [-0.2, 0) is 19.4 Å². The minimum Gasteiger partial charge on any atom is -0.311 e. The highest BCUT2D eigenvalue weighted by Gasteiger charge is 2.13. The molecule has 1 aliphatic heterocycles. The molecule has 2 aliphatic rings. The highest BCUT2D eigenvalue weighted by atomic mass is 32.1. The van der Waals surface area contributed by atoms with Gasteiger partial charge >= 0.3 is 0 Å². The molecule has 0 aromatic carbocycles. The van der Waals surface area contributed by atoms with Gasteiger partial charge in [-0.2, -0.15) is 0 Å². The van der Waals surface area contributed by atoms with Crippen molar-refractivity contribution in [3.05, 3.63) is 21.4 Å². The van der Waals surface area contributed by atoms with E-state index in [0.717, 1.165) is 13.1 Å². The Labute approximate surface area is 121 Å². The van der Waals surface area contributed by atoms with E-state index in [4.69, 9.17) is 0 Å². The molecule has 1 aliphatic carbocycles. The van der Waals surface area contributed by atoms with Gasteiger partial charge in [-0.05, 0) is 63.2 Å². The van der Waals surface area contributed by atoms with E-state index in [2.05, 4.69) is 16.3 Å². The molecule has 0 spiro atoms. The Balaban J connectivity index is 1.38. The lowest BCUT2D eigenvalue weighted by molar-refractivity contribution is 0.229. The summed E-state index contributed by atoms with van der Waals surface area (Å²) in [7, 11) is 0. The second kappa shape index (κ2) is 6.87. The zero-order valence-electron chi connectivity index (χ0n) is 11.9. The number of nitrogens with zero attached hydrogens (tertiary/aromatic N) is 1. The van der Waals surface area contributed by atoms with E-state index >= 15 is 0 Å². The van der Waals surface area contributed by atoms with Crippen LogP contribution in [0.15, 0.2) is 6.07 Å². The topological polar surface area (TPSA) is 15.3 Å². The number of piperidine rings is 1. The second-order valence-corrected chi connectivity index (χ2v) is 7.17. The summed E-state index contributed by atoms with van der Waals surface area (Å²) in [4.78, 5) is 5.82. The van der Waals surface area contributed by atoms with Gasteiger partial charge in [0.2, 0.25) is 0 Å². The highest BCUT2D eigenvalue weighted by molar-refractivity contribution is 7.12. The Morgan fingerprint density at radius 3 is 2.74 bits per heavy atom. The summed E-state index contributed by atoms with van der Waals surface area (Å²) < 4.78 is 0. The Morgan fingerprint density at radius 1 is 1.05 bits per heavy atom. The molecule has 3 heteroatoms. The third-order valence-electron chi connectivity index (χ3n) is 4.40. The summed E-state index contributed by atoms with van der Waals surface area (Å²) in [6.07, 6.45) is 9.67. The molecule has 1 aromatic rings. The normalized spacial score (nSPS) is 20.4. The molecule has 2 nitrogen and oxygen atoms in total. The highest BCUT2D eigenvalue weighted by Crippen LogP contribution is 2.29. The molecule has 106 valence electrons. The number of likely N-dealkylation sites (tertiary alicyclic amines) is 1. The van der Waals surface area contributed by atoms with Crippen molar-refractivity contribution in [2.45, 2.75) is 51.5 Å². The van der Waals surface area contributed by atoms with Crippen molar-refractivity contribution in [3.63, 3.8) is 0 Å². The Morgan fingerprint density at radius 2 is 1.89 bits per heavy atom. The molecule has 1 N–H and O–H groups in total. The molecule has 0 bridgehead atoms. The van der Waals surface area contributed by atoms with Gasteiger partial charge in [0.25, 0.3) is 0 Å². The summed E-state index contributed by atoms with van der Waals surface area (Å²) in [6.45, 7) is 6.07. The van der Waals surface area contributed by atoms with Crippen molar-refractivity contribution >= 4 is 11.3 Å². The van der Waals surface area contributed by atoms with Crippen molar-refractivity contribution < 1.29 is 0 Å². The maximum atomic E-state index is 3.63. The molecule has 1 saturated heterocycles. The van der Waals surface area contributed by atoms with Crippen LogP contribution >= 0.6 is 11.3 Å². The van der Waals surface area contributed by atoms with Crippen LogP contribution in [0.5, 0.6) is 0 Å². The van der Waals surface area contributed by atoms with Gasteiger partial charge in [0, 0.05) is 29.4 Å². The molecule has 1 fully saturated rings. The fourth-order valence-electron chi connectivity index (χ4n) is 3.27. The van der Waals surface area contributed by atoms with Gasteiger partial charge in [-0.3, -0.25) is 0 Å². The fraction of sp³-hybridized carbons (Fsp3) is 0.750. The second-order valence-electron chi connectivity index (χ2n) is 5.95. The zero-order chi connectivity index (χ0) is 12.9. The maximum absolute atomic E-state index is 3.63. The van der Waals surface area contributed by atoms with Crippen LogP contribution in [0.3, 0.4) is 0 Å². The Bertz CT molecular complexity index is 370. The van der Waals surface area contributed by atoms with Gasteiger partial charge in [0.05, 0.1) is 0 Å². The number of hydrogen-bond donors (Lipinski definition) is 1. The molecule has 0 amide bonds. The quantitative estimate of drug-likeness (QED) is 0.832. The molecule has 2 heterocycles. The predicted octanol–water partition coefficient (Wildman–Crippen LogP) is 3.20. The first-order chi connectivity index (χ1) is 9.42. The third-order valence-corrected chi connectivity index (χ3v) is 5.64. The van der Waals surface area contributed by atoms with E-state index in [9.17, 15) is 0 Å². The van der Waals surface area contributed by atoms with E-state index < -0.39 is 0 Å². The van der Waals surface area contributed by atoms with Gasteiger partial charge in [-0.1, -0.05) is 6.42 Å². The molecule has 0 atom stereocenters. The molecule has 1 aromatic heterocycles. The molecule has 0 saturated carbocycles. The number of thiophene rings is 1. The third kappa shape index (κ3) is 3.80. The monoisotopic (exact) mass is 278 g/mol. The number of nitrogens with one attached hydrogen (secondary N) is 1. The number of rotatable bonds is 5. The molecule has 0 unspecified atom stereocenters. The summed E-state index contributed by atoms with van der Waals surface area (Å²) in [5.74, 6) is 0. The van der Waals surface area contributed by atoms with E-state index in [1.165, 1.54) is 64.6 Å². The zero-order valence-corrected chi connectivity index (χ0v) is 12.7. The van der Waals surface area contributed by atoms with E-state index in [0.29, 0.717) is 0 Å². The minimum atomic E-state index is 1.07. The predicted molar refractivity (Wildman–Crippen MR) is 83.0 cm³/mol. The van der Waals surface area contributed by atoms with Gasteiger partial charge < -0.3 is 10.2 Å². The summed E-state index contributed by atoms with van der Waals surface area (Å²) in [6, 6.07) is 2.45. The molecular weight excluding hydrogens is 252 g/mol. The first kappa shape index (κ1) is 13.6. The van der Waals surface area contributed by atoms with Crippen LogP contribution in [0.4, 0.5) is 0 Å². The SMILES string of the molecule is c1c(CNCCN2CCCCC2)sc2c1CCCC2. The lowest BCUT2D eigenvalue weighted by Crippen LogP contribution is -2.35. The van der Waals surface area contributed by atoms with Crippen molar-refractivity contribution in [1.82, 2.24) is 10.2 Å². The van der Waals surface area contributed by atoms with Gasteiger partial charge in [0.1, 0.15) is 0 Å². The maximum Gasteiger partial charge on any atom is 0.0300 e. The standard InChI is InChI=1S/C16H26N2S/c1-4-9-18(10-5-1)11-8-17-13-15-12-14-6-2-3-7-16(14)19-15/h12,17H,1-11,13H2. The van der Waals surface area contributed by atoms with Crippen LogP contribution in [0.2, 0.25) is 0 Å². The average Bonchev–Trinajstić information content (AvgIpc) is 2.87. The minimum absolute atomic E-state index is 1.07. The Kier molecular flexibility index (Phi) is 4.91. The van der Waals surface area contributed by atoms with Crippen LogP contribution in [0.1, 0.15) is 47.4 Å². The number of hydrogen-bond acceptors (Lipinski definition) is 3. The first-order valence-corrected chi connectivity index (χ1v) is 8.77. The van der Waals surface area contributed by atoms with E-state index in [1.807, 2.05) is 11.3 Å². The summed E-state index contributed by atoms with van der Waals surface area (Å²) >= 11 is 2.05. The smallest absolute Gasteiger partial charge is 0.0300 e. The van der Waals surface area contributed by atoms with Crippen molar-refractivity contribution in [3.8, 4) is 0 Å². The summed E-state index contributed by atoms with van der Waals surface area (Å²) in [5.41, 5.74) is 1.64. The van der Waals surface area contributed by atoms with Crippen LogP contribution < -0.4 is 5.32 Å². The Hall–Kier alpha value is -0.380. The number of aryl methyl sites for hydroxylation is 2. The first-order valence-electron chi connectivity index (χ1n) is 7.95. The van der Waals surface area contributed by atoms with Crippen molar-refractivity contribution in [1.29, 1.82) is 0 Å². The van der Waals surface area contributed by atoms with Crippen LogP contribution in [-0.4, -0.2) is 31.1 Å². The lowest BCUT2D eigenvalue weighted by atomic mass is 9.99. The molecule has 3 rings (SSSR count).